The van der Waals surface area contributed by atoms with Crippen molar-refractivity contribution < 1.29 is 67.2 Å². The monoisotopic (exact) mass is 970 g/mol. The van der Waals surface area contributed by atoms with Crippen LogP contribution in [-0.4, -0.2) is 96.0 Å². The predicted octanol–water partition coefficient (Wildman–Crippen LogP) is 7.57. The molecule has 2 amide bonds. The third-order valence-corrected chi connectivity index (χ3v) is 11.6. The van der Waals surface area contributed by atoms with Gasteiger partial charge in [-0.05, 0) is 73.9 Å². The van der Waals surface area contributed by atoms with Gasteiger partial charge in [-0.2, -0.15) is 0 Å². The molecule has 2 heterocycles. The molecule has 2 fully saturated rings. The molecule has 64 heavy (non-hydrogen) atoms. The Bertz CT molecular complexity index is 2070. The highest BCUT2D eigenvalue weighted by Crippen LogP contribution is 2.38. The maximum absolute atomic E-state index is 12.6. The number of carboxylic acids is 2. The zero-order chi connectivity index (χ0) is 48.1. The SMILES string of the molecule is CCC1(C(=O)O)CC(=O)OB([C@@H](CC(=O)CNC(=O)c2cc(Cl)ccc2Cl)CC(C)C)O1.CCC1(CC(=O)O)OB([C@@H](CC(=O)CNC(=O)c2cc(Cl)ccc2Cl)CC(C)C)OC1=O. The smallest absolute Gasteiger partial charge is 0.509 e. The van der Waals surface area contributed by atoms with Crippen molar-refractivity contribution in [2.75, 3.05) is 13.1 Å². The first kappa shape index (κ1) is 54.1. The van der Waals surface area contributed by atoms with Crippen LogP contribution in [0, 0.1) is 11.8 Å². The van der Waals surface area contributed by atoms with Crippen molar-refractivity contribution in [2.45, 2.75) is 116 Å². The summed E-state index contributed by atoms with van der Waals surface area (Å²) in [6.45, 7) is 10.5. The number of hydrogen-bond acceptors (Lipinski definition) is 12. The highest BCUT2D eigenvalue weighted by atomic mass is 35.5. The molecule has 0 radical (unpaired) electrons. The Morgan fingerprint density at radius 2 is 1.16 bits per heavy atom. The van der Waals surface area contributed by atoms with E-state index in [1.807, 2.05) is 27.7 Å². The summed E-state index contributed by atoms with van der Waals surface area (Å²) < 4.78 is 22.2. The number of Topliss-reactive ketones (excluding diaryl/α,β-unsaturated/α-hetero) is 2. The molecule has 0 aliphatic carbocycles. The number of carbonyl (C=O) groups is 8. The van der Waals surface area contributed by atoms with Gasteiger partial charge in [-0.25, -0.2) is 4.79 Å². The summed E-state index contributed by atoms with van der Waals surface area (Å²) in [5.41, 5.74) is -2.95. The fourth-order valence-electron chi connectivity index (χ4n) is 7.19. The number of rotatable bonds is 21. The Morgan fingerprint density at radius 3 is 1.55 bits per heavy atom. The Morgan fingerprint density at radius 1 is 0.703 bits per heavy atom. The van der Waals surface area contributed by atoms with Gasteiger partial charge in [-0.1, -0.05) is 87.9 Å². The molecule has 2 aromatic rings. The highest BCUT2D eigenvalue weighted by molar-refractivity contribution is 6.52. The van der Waals surface area contributed by atoms with E-state index >= 15 is 0 Å². The zero-order valence-electron chi connectivity index (χ0n) is 36.3. The Hall–Kier alpha value is -4.19. The number of carbonyl (C=O) groups excluding carboxylic acids is 6. The highest BCUT2D eigenvalue weighted by Gasteiger charge is 2.56. The number of ketones is 2. The van der Waals surface area contributed by atoms with Gasteiger partial charge in [-0.3, -0.25) is 33.6 Å². The van der Waals surface area contributed by atoms with Gasteiger partial charge in [0, 0.05) is 34.5 Å². The average Bonchev–Trinajstić information content (AvgIpc) is 3.54. The lowest BCUT2D eigenvalue weighted by molar-refractivity contribution is -0.171. The van der Waals surface area contributed by atoms with Gasteiger partial charge in [0.15, 0.2) is 22.8 Å². The van der Waals surface area contributed by atoms with E-state index in [9.17, 15) is 43.5 Å². The zero-order valence-corrected chi connectivity index (χ0v) is 39.3. The van der Waals surface area contributed by atoms with E-state index in [2.05, 4.69) is 10.6 Å². The molecule has 0 aromatic heterocycles. The summed E-state index contributed by atoms with van der Waals surface area (Å²) in [5, 5.41) is 24.9. The lowest BCUT2D eigenvalue weighted by Crippen LogP contribution is -2.54. The number of nitrogens with one attached hydrogen (secondary N) is 2. The maximum Gasteiger partial charge on any atom is 0.531 e. The van der Waals surface area contributed by atoms with E-state index < -0.39 is 85.6 Å². The van der Waals surface area contributed by atoms with Crippen LogP contribution in [0.1, 0.15) is 114 Å². The lowest BCUT2D eigenvalue weighted by atomic mass is 9.63. The fourth-order valence-corrected chi connectivity index (χ4v) is 7.94. The van der Waals surface area contributed by atoms with Crippen LogP contribution in [-0.2, 0) is 47.4 Å². The first-order valence-corrected chi connectivity index (χ1v) is 22.2. The van der Waals surface area contributed by atoms with Crippen LogP contribution in [0.25, 0.3) is 0 Å². The van der Waals surface area contributed by atoms with Gasteiger partial charge >= 0.3 is 32.1 Å². The summed E-state index contributed by atoms with van der Waals surface area (Å²) in [6, 6.07) is 8.87. The van der Waals surface area contributed by atoms with Gasteiger partial charge in [-0.15, -0.1) is 0 Å². The molecule has 4 rings (SSSR count). The first-order chi connectivity index (χ1) is 29.9. The lowest BCUT2D eigenvalue weighted by Gasteiger charge is -2.37. The summed E-state index contributed by atoms with van der Waals surface area (Å²) in [6.07, 6.45) is 0.166. The van der Waals surface area contributed by atoms with Crippen LogP contribution in [0.3, 0.4) is 0 Å². The van der Waals surface area contributed by atoms with Crippen LogP contribution in [0.2, 0.25) is 31.7 Å². The molecular weight excluding hydrogens is 920 g/mol. The molecule has 4 atom stereocenters. The predicted molar refractivity (Wildman–Crippen MR) is 240 cm³/mol. The van der Waals surface area contributed by atoms with Gasteiger partial charge < -0.3 is 39.5 Å². The quantitative estimate of drug-likeness (QED) is 0.0884. The van der Waals surface area contributed by atoms with Crippen LogP contribution >= 0.6 is 46.4 Å². The van der Waals surface area contributed by atoms with Crippen LogP contribution in [0.4, 0.5) is 0 Å². The van der Waals surface area contributed by atoms with E-state index in [1.54, 1.807) is 26.0 Å². The summed E-state index contributed by atoms with van der Waals surface area (Å²) >= 11 is 23.8. The number of carboxylic acid groups (broad SMARTS) is 2. The van der Waals surface area contributed by atoms with Crippen molar-refractivity contribution in [3.05, 3.63) is 67.6 Å². The Labute approximate surface area is 392 Å². The van der Waals surface area contributed by atoms with Crippen molar-refractivity contribution in [1.82, 2.24) is 10.6 Å². The molecule has 2 aromatic carbocycles. The topological polar surface area (TPSA) is 238 Å². The molecule has 348 valence electrons. The normalized spacial score (nSPS) is 19.2. The van der Waals surface area contributed by atoms with Crippen molar-refractivity contribution in [1.29, 1.82) is 0 Å². The van der Waals surface area contributed by atoms with Crippen molar-refractivity contribution >= 4 is 108 Å². The third kappa shape index (κ3) is 15.5. The van der Waals surface area contributed by atoms with E-state index in [-0.39, 0.29) is 83.3 Å². The molecule has 2 saturated heterocycles. The molecule has 16 nitrogen and oxygen atoms in total. The van der Waals surface area contributed by atoms with Crippen LogP contribution < -0.4 is 10.6 Å². The number of halogens is 4. The summed E-state index contributed by atoms with van der Waals surface area (Å²) in [7, 11) is -2.21. The molecule has 2 unspecified atom stereocenters. The first-order valence-electron chi connectivity index (χ1n) is 20.7. The second-order valence-electron chi connectivity index (χ2n) is 16.5. The van der Waals surface area contributed by atoms with Crippen molar-refractivity contribution in [3.8, 4) is 0 Å². The Kier molecular flexibility index (Phi) is 20.6. The third-order valence-electron chi connectivity index (χ3n) is 10.5. The number of hydrogen-bond donors (Lipinski definition) is 4. The second-order valence-corrected chi connectivity index (χ2v) is 18.2. The van der Waals surface area contributed by atoms with Gasteiger partial charge in [0.25, 0.3) is 17.8 Å². The number of amides is 2. The number of aliphatic carboxylic acids is 2. The molecule has 2 aliphatic rings. The average molecular weight is 972 g/mol. The minimum absolute atomic E-state index is 0.0213. The molecule has 0 bridgehead atoms. The van der Waals surface area contributed by atoms with Crippen molar-refractivity contribution in [2.24, 2.45) is 11.8 Å². The fraction of sp³-hybridized carbons (Fsp3) is 0.524. The molecule has 0 saturated carbocycles. The summed E-state index contributed by atoms with van der Waals surface area (Å²) in [4.78, 5) is 97.5. The molecule has 0 spiro atoms. The van der Waals surface area contributed by atoms with Gasteiger partial charge in [0.2, 0.25) is 0 Å². The minimum Gasteiger partial charge on any atom is -0.509 e. The summed E-state index contributed by atoms with van der Waals surface area (Å²) in [5.74, 6) is -6.34. The van der Waals surface area contributed by atoms with E-state index in [0.717, 1.165) is 0 Å². The van der Waals surface area contributed by atoms with E-state index in [4.69, 9.17) is 70.1 Å². The van der Waals surface area contributed by atoms with Crippen LogP contribution in [0.5, 0.6) is 0 Å². The van der Waals surface area contributed by atoms with Crippen LogP contribution in [0.15, 0.2) is 36.4 Å². The van der Waals surface area contributed by atoms with Gasteiger partial charge in [0.05, 0.1) is 47.1 Å². The second kappa shape index (κ2) is 24.4. The standard InChI is InChI=1S/2C21H26BCl2NO7/c1-4-21(20(29)30)10-18(27)31-22(32-21)13(7-12(2)3)8-15(26)11-25-19(28)16-9-14(23)5-6-17(16)24;1-4-21(10-18(27)28)20(30)31-22(32-21)13(7-12(2)3)8-15(26)11-25-19(29)16-9-14(23)5-6-17(16)24/h5-6,9,12-13H,4,7-8,10-11H2,1-3H3,(H,25,28)(H,29,30);5-6,9,12-13H,4,7-8,10-11H2,1-3H3,(H,25,29)(H,27,28)/t2*13-,21?/m11/s1. The Balaban J connectivity index is 0.000000340. The largest absolute Gasteiger partial charge is 0.531 e. The van der Waals surface area contributed by atoms with Gasteiger partial charge in [0.1, 0.15) is 0 Å². The minimum atomic E-state index is -1.68. The van der Waals surface area contributed by atoms with Crippen molar-refractivity contribution in [3.63, 3.8) is 0 Å². The molecule has 22 heteroatoms. The maximum atomic E-state index is 12.6. The molecule has 2 aliphatic heterocycles. The molecular formula is C42H52B2Cl4N2O14. The van der Waals surface area contributed by atoms with E-state index in [1.165, 1.54) is 24.3 Å². The molecule has 4 N–H and O–H groups in total. The number of benzene rings is 2. The van der Waals surface area contributed by atoms with E-state index in [0.29, 0.717) is 22.9 Å².